The van der Waals surface area contributed by atoms with Crippen molar-refractivity contribution in [2.45, 2.75) is 69.1 Å². The third-order valence-corrected chi connectivity index (χ3v) is 6.80. The first-order chi connectivity index (χ1) is 18.7. The summed E-state index contributed by atoms with van der Waals surface area (Å²) in [5.74, 6) is -2.86. The van der Waals surface area contributed by atoms with E-state index in [1.54, 1.807) is 6.20 Å². The Bertz CT molecular complexity index is 1100. The summed E-state index contributed by atoms with van der Waals surface area (Å²) in [5, 5.41) is 18.4. The first kappa shape index (κ1) is 32.1. The molecule has 0 aliphatic carbocycles. The number of nitrogens with two attached hydrogens (primary N) is 3. The van der Waals surface area contributed by atoms with Crippen molar-refractivity contribution in [2.24, 2.45) is 17.2 Å². The van der Waals surface area contributed by atoms with Gasteiger partial charge in [-0.3, -0.25) is 14.4 Å². The molecule has 0 aliphatic rings. The third kappa shape index (κ3) is 10.2. The number of aliphatic carboxylic acids is 1. The smallest absolute Gasteiger partial charge is 0.326 e. The topological polar surface area (TPSA) is 218 Å². The Morgan fingerprint density at radius 1 is 0.846 bits per heavy atom. The van der Waals surface area contributed by atoms with E-state index < -0.39 is 47.9 Å². The molecule has 11 N–H and O–H groups in total. The monoisotopic (exact) mass is 563 g/mol. The van der Waals surface area contributed by atoms with E-state index in [1.165, 1.54) is 0 Å². The van der Waals surface area contributed by atoms with E-state index in [0.29, 0.717) is 38.8 Å². The number of aromatic amines is 1. The Hall–Kier alpha value is -3.13. The maximum Gasteiger partial charge on any atom is 0.326 e. The lowest BCUT2D eigenvalue weighted by Crippen LogP contribution is -2.57. The highest BCUT2D eigenvalue weighted by Crippen LogP contribution is 2.19. The van der Waals surface area contributed by atoms with Gasteiger partial charge >= 0.3 is 5.97 Å². The van der Waals surface area contributed by atoms with Crippen molar-refractivity contribution in [3.63, 3.8) is 0 Å². The van der Waals surface area contributed by atoms with E-state index in [-0.39, 0.29) is 25.0 Å². The number of hydrogen-bond acceptors (Lipinski definition) is 8. The van der Waals surface area contributed by atoms with Gasteiger partial charge in [0.25, 0.3) is 0 Å². The first-order valence-electron chi connectivity index (χ1n) is 13.2. The third-order valence-electron chi connectivity index (χ3n) is 6.41. The van der Waals surface area contributed by atoms with Gasteiger partial charge in [0.1, 0.15) is 18.1 Å². The van der Waals surface area contributed by atoms with Crippen molar-refractivity contribution in [1.29, 1.82) is 0 Å². The van der Waals surface area contributed by atoms with Crippen LogP contribution in [-0.2, 0) is 25.6 Å². The average Bonchev–Trinajstić information content (AvgIpc) is 3.33. The summed E-state index contributed by atoms with van der Waals surface area (Å²) in [7, 11) is 0. The summed E-state index contributed by atoms with van der Waals surface area (Å²) in [4.78, 5) is 54.1. The van der Waals surface area contributed by atoms with E-state index >= 15 is 0 Å². The highest BCUT2D eigenvalue weighted by atomic mass is 32.1. The summed E-state index contributed by atoms with van der Waals surface area (Å²) in [6.07, 6.45) is 4.65. The van der Waals surface area contributed by atoms with Crippen LogP contribution in [0.25, 0.3) is 10.9 Å². The molecule has 12 nitrogen and oxygen atoms in total. The normalized spacial score (nSPS) is 14.3. The number of H-pyrrole nitrogens is 1. The van der Waals surface area contributed by atoms with E-state index in [0.717, 1.165) is 16.5 Å². The summed E-state index contributed by atoms with van der Waals surface area (Å²) < 4.78 is 0. The SMILES string of the molecule is NCCCCC(NC(=O)C(CCCCN)NC(=O)C(Cc1c[nH]c2ccccc12)NC(=O)C(N)CS)C(=O)O. The van der Waals surface area contributed by atoms with Gasteiger partial charge in [-0.25, -0.2) is 4.79 Å². The lowest BCUT2D eigenvalue weighted by atomic mass is 10.0. The number of fused-ring (bicyclic) bond motifs is 1. The number of aromatic nitrogens is 1. The van der Waals surface area contributed by atoms with Crippen LogP contribution >= 0.6 is 12.6 Å². The molecule has 0 spiro atoms. The first-order valence-corrected chi connectivity index (χ1v) is 13.8. The molecule has 0 aliphatic heterocycles. The van der Waals surface area contributed by atoms with Crippen LogP contribution < -0.4 is 33.2 Å². The Labute approximate surface area is 233 Å². The highest BCUT2D eigenvalue weighted by molar-refractivity contribution is 7.80. The molecule has 2 rings (SSSR count). The van der Waals surface area contributed by atoms with Crippen LogP contribution in [0.2, 0.25) is 0 Å². The van der Waals surface area contributed by atoms with Crippen LogP contribution in [0.15, 0.2) is 30.5 Å². The number of carbonyl (C=O) groups is 4. The van der Waals surface area contributed by atoms with E-state index in [1.807, 2.05) is 24.3 Å². The fraction of sp³-hybridized carbons (Fsp3) is 0.538. The molecule has 1 aromatic carbocycles. The Morgan fingerprint density at radius 3 is 2.03 bits per heavy atom. The fourth-order valence-electron chi connectivity index (χ4n) is 4.15. The van der Waals surface area contributed by atoms with Crippen LogP contribution in [0, 0.1) is 0 Å². The van der Waals surface area contributed by atoms with Gasteiger partial charge in [-0.15, -0.1) is 0 Å². The molecule has 0 bridgehead atoms. The minimum atomic E-state index is -1.17. The minimum absolute atomic E-state index is 0.0815. The Kier molecular flexibility index (Phi) is 13.8. The van der Waals surface area contributed by atoms with Gasteiger partial charge in [0.15, 0.2) is 0 Å². The van der Waals surface area contributed by atoms with Crippen molar-refractivity contribution >= 4 is 47.2 Å². The second kappa shape index (κ2) is 16.7. The number of benzene rings is 1. The summed E-state index contributed by atoms with van der Waals surface area (Å²) in [5.41, 5.74) is 18.6. The van der Waals surface area contributed by atoms with Gasteiger partial charge in [0.05, 0.1) is 6.04 Å². The lowest BCUT2D eigenvalue weighted by molar-refractivity contribution is -0.142. The molecule has 1 aromatic heterocycles. The second-order valence-corrected chi connectivity index (χ2v) is 9.81. The largest absolute Gasteiger partial charge is 0.480 e. The lowest BCUT2D eigenvalue weighted by Gasteiger charge is -2.25. The maximum atomic E-state index is 13.5. The quantitative estimate of drug-likeness (QED) is 0.0868. The maximum absolute atomic E-state index is 13.5. The van der Waals surface area contributed by atoms with Crippen molar-refractivity contribution in [2.75, 3.05) is 18.8 Å². The number of para-hydroxylation sites is 1. The standard InChI is InChI=1S/C26H41N7O5S/c27-11-5-3-9-20(24(35)32-21(26(37)38)10-4-6-12-28)31-25(36)22(33-23(34)18(29)15-39)13-16-14-30-19-8-2-1-7-17(16)19/h1-2,7-8,14,18,20-22,30,39H,3-6,9-13,15,27-29H2,(H,31,36)(H,32,35)(H,33,34)(H,37,38). The van der Waals surface area contributed by atoms with Crippen molar-refractivity contribution < 1.29 is 24.3 Å². The summed E-state index contributed by atoms with van der Waals surface area (Å²) in [6.45, 7) is 0.818. The van der Waals surface area contributed by atoms with Gasteiger partial charge in [-0.1, -0.05) is 18.2 Å². The van der Waals surface area contributed by atoms with E-state index in [9.17, 15) is 24.3 Å². The van der Waals surface area contributed by atoms with Crippen molar-refractivity contribution in [3.05, 3.63) is 36.0 Å². The highest BCUT2D eigenvalue weighted by Gasteiger charge is 2.30. The number of thiol groups is 1. The molecule has 13 heteroatoms. The molecule has 0 saturated heterocycles. The summed E-state index contributed by atoms with van der Waals surface area (Å²) in [6, 6.07) is 3.42. The van der Waals surface area contributed by atoms with Gasteiger partial charge in [-0.2, -0.15) is 12.6 Å². The van der Waals surface area contributed by atoms with Gasteiger partial charge in [0.2, 0.25) is 17.7 Å². The van der Waals surface area contributed by atoms with Crippen molar-refractivity contribution in [1.82, 2.24) is 20.9 Å². The van der Waals surface area contributed by atoms with Gasteiger partial charge in [0, 0.05) is 29.3 Å². The van der Waals surface area contributed by atoms with Crippen LogP contribution in [0.4, 0.5) is 0 Å². The van der Waals surface area contributed by atoms with E-state index in [2.05, 4.69) is 33.6 Å². The minimum Gasteiger partial charge on any atom is -0.480 e. The molecular weight excluding hydrogens is 522 g/mol. The fourth-order valence-corrected chi connectivity index (χ4v) is 4.31. The molecule has 216 valence electrons. The number of unbranched alkanes of at least 4 members (excludes halogenated alkanes) is 2. The second-order valence-electron chi connectivity index (χ2n) is 9.44. The van der Waals surface area contributed by atoms with Crippen LogP contribution in [0.3, 0.4) is 0 Å². The van der Waals surface area contributed by atoms with Crippen LogP contribution in [0.1, 0.15) is 44.1 Å². The average molecular weight is 564 g/mol. The number of carboxylic acid groups (broad SMARTS) is 1. The molecule has 4 unspecified atom stereocenters. The zero-order chi connectivity index (χ0) is 28.8. The predicted octanol–water partition coefficient (Wildman–Crippen LogP) is -0.235. The number of carbonyl (C=O) groups excluding carboxylic acids is 3. The molecule has 0 saturated carbocycles. The van der Waals surface area contributed by atoms with E-state index in [4.69, 9.17) is 17.2 Å². The molecule has 0 fully saturated rings. The number of rotatable bonds is 18. The Balaban J connectivity index is 2.25. The van der Waals surface area contributed by atoms with Crippen molar-refractivity contribution in [3.8, 4) is 0 Å². The van der Waals surface area contributed by atoms with Gasteiger partial charge in [-0.05, 0) is 63.2 Å². The zero-order valence-corrected chi connectivity index (χ0v) is 22.9. The van der Waals surface area contributed by atoms with Crippen LogP contribution in [0.5, 0.6) is 0 Å². The molecule has 1 heterocycles. The predicted molar refractivity (Wildman–Crippen MR) is 153 cm³/mol. The Morgan fingerprint density at radius 2 is 1.41 bits per heavy atom. The zero-order valence-electron chi connectivity index (χ0n) is 22.0. The molecule has 4 atom stereocenters. The molecule has 3 amide bonds. The molecule has 2 aromatic rings. The summed E-state index contributed by atoms with van der Waals surface area (Å²) >= 11 is 4.07. The number of hydrogen-bond donors (Lipinski definition) is 9. The van der Waals surface area contributed by atoms with Crippen LogP contribution in [-0.4, -0.2) is 76.8 Å². The molecule has 39 heavy (non-hydrogen) atoms. The number of carboxylic acids is 1. The van der Waals surface area contributed by atoms with Gasteiger partial charge < -0.3 is 43.2 Å². The molecule has 0 radical (unpaired) electrons. The number of nitrogens with one attached hydrogen (secondary N) is 4. The molecular formula is C26H41N7O5S. The number of amides is 3.